The number of rotatable bonds is 1. The van der Waals surface area contributed by atoms with E-state index >= 15 is 0 Å². The molecule has 1 aromatic rings. The third-order valence-electron chi connectivity index (χ3n) is 2.57. The molecule has 1 atom stereocenters. The van der Waals surface area contributed by atoms with Gasteiger partial charge in [0.15, 0.2) is 0 Å². The smallest absolute Gasteiger partial charge is 0.0721 e. The second kappa shape index (κ2) is 3.48. The molecule has 2 rings (SSSR count). The summed E-state index contributed by atoms with van der Waals surface area (Å²) in [6.45, 7) is 3.67. The predicted molar refractivity (Wildman–Crippen MR) is 52.6 cm³/mol. The van der Waals surface area contributed by atoms with Crippen LogP contribution in [0.1, 0.15) is 22.7 Å². The Morgan fingerprint density at radius 1 is 1.46 bits per heavy atom. The number of fused-ring (bicyclic) bond motifs is 1. The summed E-state index contributed by atoms with van der Waals surface area (Å²) in [6.07, 6.45) is 0. The monoisotopic (exact) mass is 177 g/mol. The van der Waals surface area contributed by atoms with Crippen molar-refractivity contribution < 1.29 is 4.74 Å². The molecule has 0 amide bonds. The molecule has 0 aromatic heterocycles. The lowest BCUT2D eigenvalue weighted by Crippen LogP contribution is -2.26. The van der Waals surface area contributed by atoms with Gasteiger partial charge < -0.3 is 10.1 Å². The van der Waals surface area contributed by atoms with Crippen molar-refractivity contribution in [3.63, 3.8) is 0 Å². The van der Waals surface area contributed by atoms with Crippen molar-refractivity contribution in [3.8, 4) is 0 Å². The quantitative estimate of drug-likeness (QED) is 0.706. The molecule has 1 N–H and O–H groups in total. The summed E-state index contributed by atoms with van der Waals surface area (Å²) >= 11 is 0. The van der Waals surface area contributed by atoms with E-state index in [-0.39, 0.29) is 0 Å². The maximum atomic E-state index is 5.48. The molecule has 1 aliphatic rings. The van der Waals surface area contributed by atoms with Crippen LogP contribution in [0.25, 0.3) is 0 Å². The number of nitrogens with one attached hydrogen (secondary N) is 1. The fourth-order valence-electron chi connectivity index (χ4n) is 1.79. The Morgan fingerprint density at radius 2 is 2.31 bits per heavy atom. The van der Waals surface area contributed by atoms with E-state index in [4.69, 9.17) is 4.74 Å². The predicted octanol–water partition coefficient (Wildman–Crippen LogP) is 1.79. The molecule has 0 saturated heterocycles. The van der Waals surface area contributed by atoms with Gasteiger partial charge in [-0.15, -0.1) is 0 Å². The molecule has 0 saturated carbocycles. The first-order valence-corrected chi connectivity index (χ1v) is 4.65. The van der Waals surface area contributed by atoms with E-state index in [0.717, 1.165) is 13.2 Å². The number of hydrogen-bond acceptors (Lipinski definition) is 2. The van der Waals surface area contributed by atoms with Crippen LogP contribution in [-0.4, -0.2) is 13.7 Å². The van der Waals surface area contributed by atoms with E-state index in [2.05, 4.69) is 30.4 Å². The Balaban J connectivity index is 2.41. The van der Waals surface area contributed by atoms with E-state index in [1.54, 1.807) is 0 Å². The van der Waals surface area contributed by atoms with Crippen LogP contribution in [0.4, 0.5) is 0 Å². The highest BCUT2D eigenvalue weighted by Crippen LogP contribution is 2.25. The summed E-state index contributed by atoms with van der Waals surface area (Å²) < 4.78 is 5.48. The van der Waals surface area contributed by atoms with Crippen LogP contribution < -0.4 is 5.32 Å². The Morgan fingerprint density at radius 3 is 3.08 bits per heavy atom. The first-order valence-electron chi connectivity index (χ1n) is 4.65. The van der Waals surface area contributed by atoms with E-state index in [9.17, 15) is 0 Å². The van der Waals surface area contributed by atoms with E-state index in [1.807, 2.05) is 7.05 Å². The normalized spacial score (nSPS) is 21.2. The van der Waals surface area contributed by atoms with Crippen LogP contribution >= 0.6 is 0 Å². The van der Waals surface area contributed by atoms with Crippen LogP contribution in [0.3, 0.4) is 0 Å². The minimum absolute atomic E-state index is 0.364. The van der Waals surface area contributed by atoms with Crippen molar-refractivity contribution in [1.29, 1.82) is 0 Å². The van der Waals surface area contributed by atoms with Crippen molar-refractivity contribution in [1.82, 2.24) is 5.32 Å². The van der Waals surface area contributed by atoms with Gasteiger partial charge in [0.1, 0.15) is 0 Å². The first kappa shape index (κ1) is 8.73. The highest BCUT2D eigenvalue weighted by atomic mass is 16.5. The summed E-state index contributed by atoms with van der Waals surface area (Å²) in [7, 11) is 1.98. The van der Waals surface area contributed by atoms with Gasteiger partial charge in [-0.25, -0.2) is 0 Å². The van der Waals surface area contributed by atoms with Crippen LogP contribution in [0.2, 0.25) is 0 Å². The van der Waals surface area contributed by atoms with Gasteiger partial charge in [-0.3, -0.25) is 0 Å². The van der Waals surface area contributed by atoms with Gasteiger partial charge in [-0.2, -0.15) is 0 Å². The van der Waals surface area contributed by atoms with Gasteiger partial charge >= 0.3 is 0 Å². The average molecular weight is 177 g/mol. The summed E-state index contributed by atoms with van der Waals surface area (Å²) in [5, 5.41) is 3.26. The number of hydrogen-bond donors (Lipinski definition) is 1. The zero-order valence-corrected chi connectivity index (χ0v) is 8.13. The minimum atomic E-state index is 0.364. The van der Waals surface area contributed by atoms with E-state index < -0.39 is 0 Å². The summed E-state index contributed by atoms with van der Waals surface area (Å²) in [4.78, 5) is 0. The van der Waals surface area contributed by atoms with Gasteiger partial charge in [0.05, 0.1) is 19.3 Å². The molecule has 1 heterocycles. The number of benzene rings is 1. The fraction of sp³-hybridized carbons (Fsp3) is 0.455. The van der Waals surface area contributed by atoms with Gasteiger partial charge in [-0.1, -0.05) is 23.8 Å². The molecule has 2 heteroatoms. The molecule has 2 nitrogen and oxygen atoms in total. The van der Waals surface area contributed by atoms with Crippen molar-refractivity contribution in [2.75, 3.05) is 13.7 Å². The van der Waals surface area contributed by atoms with Crippen molar-refractivity contribution in [2.24, 2.45) is 0 Å². The van der Waals surface area contributed by atoms with Gasteiger partial charge in [0.25, 0.3) is 0 Å². The Labute approximate surface area is 78.9 Å². The molecule has 13 heavy (non-hydrogen) atoms. The lowest BCUT2D eigenvalue weighted by Gasteiger charge is -2.25. The van der Waals surface area contributed by atoms with Crippen molar-refractivity contribution in [3.05, 3.63) is 34.9 Å². The summed E-state index contributed by atoms with van der Waals surface area (Å²) in [5.74, 6) is 0. The molecule has 0 bridgehead atoms. The van der Waals surface area contributed by atoms with Crippen LogP contribution in [0.5, 0.6) is 0 Å². The Bertz CT molecular complexity index is 309. The topological polar surface area (TPSA) is 21.3 Å². The third-order valence-corrected chi connectivity index (χ3v) is 2.57. The zero-order chi connectivity index (χ0) is 9.26. The molecule has 0 spiro atoms. The van der Waals surface area contributed by atoms with Gasteiger partial charge in [-0.05, 0) is 25.1 Å². The van der Waals surface area contributed by atoms with E-state index in [1.165, 1.54) is 16.7 Å². The molecular weight excluding hydrogens is 162 g/mol. The standard InChI is InChI=1S/C11H15NO/c1-8-3-4-9-6-13-7-11(12-2)10(9)5-8/h3-5,11-12H,6-7H2,1-2H3. The molecule has 1 aliphatic heterocycles. The number of ether oxygens (including phenoxy) is 1. The molecule has 0 aliphatic carbocycles. The van der Waals surface area contributed by atoms with Gasteiger partial charge in [0, 0.05) is 0 Å². The SMILES string of the molecule is CNC1COCc2ccc(C)cc21. The van der Waals surface area contributed by atoms with Crippen LogP contribution in [0, 0.1) is 6.92 Å². The second-order valence-electron chi connectivity index (χ2n) is 3.56. The lowest BCUT2D eigenvalue weighted by molar-refractivity contribution is 0.0844. The number of likely N-dealkylation sites (N-methyl/N-ethyl adjacent to an activating group) is 1. The van der Waals surface area contributed by atoms with Crippen LogP contribution in [0.15, 0.2) is 18.2 Å². The van der Waals surface area contributed by atoms with Gasteiger partial charge in [0.2, 0.25) is 0 Å². The van der Waals surface area contributed by atoms with E-state index in [0.29, 0.717) is 6.04 Å². The highest BCUT2D eigenvalue weighted by molar-refractivity contribution is 5.34. The molecular formula is C11H15NO. The van der Waals surface area contributed by atoms with Crippen molar-refractivity contribution in [2.45, 2.75) is 19.6 Å². The van der Waals surface area contributed by atoms with Crippen LogP contribution in [-0.2, 0) is 11.3 Å². The summed E-state index contributed by atoms with van der Waals surface area (Å²) in [5.41, 5.74) is 4.03. The fourth-order valence-corrected chi connectivity index (χ4v) is 1.79. The zero-order valence-electron chi connectivity index (χ0n) is 8.13. The maximum Gasteiger partial charge on any atom is 0.0721 e. The number of aryl methyl sites for hydroxylation is 1. The molecule has 1 aromatic carbocycles. The Kier molecular flexibility index (Phi) is 2.34. The Hall–Kier alpha value is -0.860. The summed E-state index contributed by atoms with van der Waals surface area (Å²) in [6, 6.07) is 6.91. The molecule has 0 fully saturated rings. The molecule has 0 radical (unpaired) electrons. The first-order chi connectivity index (χ1) is 6.31. The second-order valence-corrected chi connectivity index (χ2v) is 3.56. The lowest BCUT2D eigenvalue weighted by atomic mass is 9.97. The molecule has 1 unspecified atom stereocenters. The minimum Gasteiger partial charge on any atom is -0.375 e. The third kappa shape index (κ3) is 1.60. The highest BCUT2D eigenvalue weighted by Gasteiger charge is 2.18. The average Bonchev–Trinajstić information content (AvgIpc) is 2.17. The van der Waals surface area contributed by atoms with Crippen molar-refractivity contribution >= 4 is 0 Å². The molecule has 70 valence electrons. The maximum absolute atomic E-state index is 5.48. The largest absolute Gasteiger partial charge is 0.375 e.